The molecular formula is C29H27FN2O4. The lowest BCUT2D eigenvalue weighted by atomic mass is 9.80. The van der Waals surface area contributed by atoms with Crippen LogP contribution in [0.1, 0.15) is 34.9 Å². The van der Waals surface area contributed by atoms with Crippen molar-refractivity contribution in [3.63, 3.8) is 0 Å². The summed E-state index contributed by atoms with van der Waals surface area (Å²) in [5, 5.41) is 0. The van der Waals surface area contributed by atoms with Gasteiger partial charge in [-0.1, -0.05) is 91.0 Å². The van der Waals surface area contributed by atoms with Gasteiger partial charge in [0.2, 0.25) is 0 Å². The molecule has 0 amide bonds. The topological polar surface area (TPSA) is 73.3 Å². The Hall–Kier alpha value is -3.81. The summed E-state index contributed by atoms with van der Waals surface area (Å²) in [7, 11) is 0. The molecule has 0 bridgehead atoms. The number of aromatic amines is 1. The molecule has 6 nitrogen and oxygen atoms in total. The third-order valence-electron chi connectivity index (χ3n) is 6.62. The highest BCUT2D eigenvalue weighted by molar-refractivity contribution is 5.47. The van der Waals surface area contributed by atoms with Crippen molar-refractivity contribution in [2.24, 2.45) is 0 Å². The molecule has 1 N–H and O–H groups in total. The van der Waals surface area contributed by atoms with Crippen molar-refractivity contribution in [3.8, 4) is 0 Å². The van der Waals surface area contributed by atoms with E-state index in [2.05, 4.69) is 4.98 Å². The molecular weight excluding hydrogens is 459 g/mol. The lowest BCUT2D eigenvalue weighted by Gasteiger charge is -2.36. The number of benzene rings is 3. The highest BCUT2D eigenvalue weighted by atomic mass is 19.1. The first-order valence-corrected chi connectivity index (χ1v) is 11.9. The van der Waals surface area contributed by atoms with Crippen molar-refractivity contribution in [2.45, 2.75) is 37.4 Å². The van der Waals surface area contributed by atoms with Crippen molar-refractivity contribution in [2.75, 3.05) is 6.61 Å². The van der Waals surface area contributed by atoms with Gasteiger partial charge in [-0.3, -0.25) is 14.3 Å². The first-order chi connectivity index (χ1) is 17.5. The third-order valence-corrected chi connectivity index (χ3v) is 6.62. The SMILES string of the molecule is Cc1cn([C@@H]2C[C@H](F)[C@H](COC(c3ccccc3)(c3ccccc3)c3ccccc3)O2)c(=O)[nH]c1=O. The first kappa shape index (κ1) is 23.9. The van der Waals surface area contributed by atoms with Crippen LogP contribution in [0.3, 0.4) is 0 Å². The van der Waals surface area contributed by atoms with E-state index in [4.69, 9.17) is 9.47 Å². The number of hydrogen-bond donors (Lipinski definition) is 1. The zero-order valence-electron chi connectivity index (χ0n) is 19.8. The van der Waals surface area contributed by atoms with Crippen LogP contribution in [0, 0.1) is 6.92 Å². The fourth-order valence-corrected chi connectivity index (χ4v) is 4.79. The van der Waals surface area contributed by atoms with Gasteiger partial charge in [-0.05, 0) is 23.6 Å². The maximum absolute atomic E-state index is 15.2. The summed E-state index contributed by atoms with van der Waals surface area (Å²) in [5.41, 5.74) is 0.959. The summed E-state index contributed by atoms with van der Waals surface area (Å²) in [6.07, 6.45) is -1.70. The van der Waals surface area contributed by atoms with Gasteiger partial charge in [0.05, 0.1) is 6.61 Å². The molecule has 3 aromatic carbocycles. The Bertz CT molecular complexity index is 1320. The van der Waals surface area contributed by atoms with Crippen molar-refractivity contribution in [1.82, 2.24) is 9.55 Å². The Morgan fingerprint density at radius 2 is 1.42 bits per heavy atom. The lowest BCUT2D eigenvalue weighted by molar-refractivity contribution is -0.0868. The van der Waals surface area contributed by atoms with Crippen molar-refractivity contribution in [3.05, 3.63) is 140 Å². The van der Waals surface area contributed by atoms with Crippen LogP contribution in [-0.4, -0.2) is 28.4 Å². The van der Waals surface area contributed by atoms with Gasteiger partial charge in [-0.15, -0.1) is 0 Å². The van der Waals surface area contributed by atoms with Crippen LogP contribution in [0.2, 0.25) is 0 Å². The van der Waals surface area contributed by atoms with Crippen molar-refractivity contribution >= 4 is 0 Å². The standard InChI is InChI=1S/C29H27FN2O4/c1-20-18-32(28(34)31-27(20)33)26-17-24(30)25(36-26)19-35-29(21-11-5-2-6-12-21,22-13-7-3-8-14-22)23-15-9-4-10-16-23/h2-16,18,24-26H,17,19H2,1H3,(H,31,33,34)/t24-,25-,26-/m0/s1. The van der Waals surface area contributed by atoms with Crippen LogP contribution in [0.15, 0.2) is 107 Å². The zero-order chi connectivity index (χ0) is 25.1. The molecule has 7 heteroatoms. The molecule has 1 aliphatic rings. The van der Waals surface area contributed by atoms with Crippen molar-refractivity contribution < 1.29 is 13.9 Å². The van der Waals surface area contributed by atoms with E-state index in [0.29, 0.717) is 5.56 Å². The number of hydrogen-bond acceptors (Lipinski definition) is 4. The number of ether oxygens (including phenoxy) is 2. The van der Waals surface area contributed by atoms with Gasteiger partial charge in [0.1, 0.15) is 24.1 Å². The quantitative estimate of drug-likeness (QED) is 0.391. The molecule has 0 radical (unpaired) electrons. The fraction of sp³-hybridized carbons (Fsp3) is 0.241. The van der Waals surface area contributed by atoms with E-state index < -0.39 is 35.4 Å². The van der Waals surface area contributed by atoms with Gasteiger partial charge in [-0.25, -0.2) is 9.18 Å². The molecule has 4 aromatic rings. The summed E-state index contributed by atoms with van der Waals surface area (Å²) in [6.45, 7) is 1.54. The summed E-state index contributed by atoms with van der Waals surface area (Å²) >= 11 is 0. The van der Waals surface area contributed by atoms with E-state index >= 15 is 4.39 Å². The van der Waals surface area contributed by atoms with Crippen molar-refractivity contribution in [1.29, 1.82) is 0 Å². The molecule has 1 aromatic heterocycles. The monoisotopic (exact) mass is 486 g/mol. The van der Waals surface area contributed by atoms with Crippen LogP contribution in [0.25, 0.3) is 0 Å². The third kappa shape index (κ3) is 4.43. The van der Waals surface area contributed by atoms with Gasteiger partial charge in [-0.2, -0.15) is 0 Å². The Labute approximate surface area is 208 Å². The number of alkyl halides is 1. The molecule has 3 atom stereocenters. The second kappa shape index (κ2) is 10.0. The fourth-order valence-electron chi connectivity index (χ4n) is 4.79. The van der Waals surface area contributed by atoms with Gasteiger partial charge in [0.15, 0.2) is 0 Å². The van der Waals surface area contributed by atoms with E-state index in [1.165, 1.54) is 10.8 Å². The molecule has 0 saturated carbocycles. The molecule has 1 saturated heterocycles. The second-order valence-electron chi connectivity index (χ2n) is 8.95. The number of aryl methyl sites for hydroxylation is 1. The smallest absolute Gasteiger partial charge is 0.330 e. The molecule has 2 heterocycles. The number of nitrogens with one attached hydrogen (secondary N) is 1. The first-order valence-electron chi connectivity index (χ1n) is 11.9. The Balaban J connectivity index is 1.50. The molecule has 36 heavy (non-hydrogen) atoms. The van der Waals surface area contributed by atoms with Gasteiger partial charge in [0, 0.05) is 18.2 Å². The summed E-state index contributed by atoms with van der Waals surface area (Å²) in [4.78, 5) is 26.3. The molecule has 0 aliphatic carbocycles. The molecule has 0 unspecified atom stereocenters. The maximum Gasteiger partial charge on any atom is 0.330 e. The molecule has 5 rings (SSSR count). The maximum atomic E-state index is 15.2. The van der Waals surface area contributed by atoms with Crippen LogP contribution < -0.4 is 11.2 Å². The normalized spacial score (nSPS) is 19.9. The van der Waals surface area contributed by atoms with Gasteiger partial charge < -0.3 is 9.47 Å². The Morgan fingerprint density at radius 1 is 0.917 bits per heavy atom. The predicted molar refractivity (Wildman–Crippen MR) is 135 cm³/mol. The van der Waals surface area contributed by atoms with Gasteiger partial charge in [0.25, 0.3) is 5.56 Å². The highest BCUT2D eigenvalue weighted by Gasteiger charge is 2.42. The average molecular weight is 487 g/mol. The van der Waals surface area contributed by atoms with Crippen LogP contribution >= 0.6 is 0 Å². The molecule has 0 spiro atoms. The van der Waals surface area contributed by atoms with E-state index in [-0.39, 0.29) is 13.0 Å². The summed E-state index contributed by atoms with van der Waals surface area (Å²) in [6, 6.07) is 29.5. The number of rotatable bonds is 7. The minimum absolute atomic E-state index is 0.0194. The second-order valence-corrected chi connectivity index (χ2v) is 8.95. The van der Waals surface area contributed by atoms with E-state index in [1.54, 1.807) is 6.92 Å². The van der Waals surface area contributed by atoms with Crippen LogP contribution in [0.4, 0.5) is 4.39 Å². The largest absolute Gasteiger partial charge is 0.358 e. The zero-order valence-corrected chi connectivity index (χ0v) is 19.8. The summed E-state index contributed by atoms with van der Waals surface area (Å²) in [5.74, 6) is 0. The average Bonchev–Trinajstić information content (AvgIpc) is 3.28. The molecule has 1 aliphatic heterocycles. The van der Waals surface area contributed by atoms with Crippen LogP contribution in [0.5, 0.6) is 0 Å². The Kier molecular flexibility index (Phi) is 6.67. The van der Waals surface area contributed by atoms with E-state index in [9.17, 15) is 9.59 Å². The van der Waals surface area contributed by atoms with E-state index in [1.807, 2.05) is 91.0 Å². The minimum atomic E-state index is -1.35. The van der Waals surface area contributed by atoms with Gasteiger partial charge >= 0.3 is 5.69 Å². The summed E-state index contributed by atoms with van der Waals surface area (Å²) < 4.78 is 29.1. The Morgan fingerprint density at radius 3 is 1.92 bits per heavy atom. The molecule has 184 valence electrons. The minimum Gasteiger partial charge on any atom is -0.358 e. The number of nitrogens with zero attached hydrogens (tertiary/aromatic N) is 1. The lowest BCUT2D eigenvalue weighted by Crippen LogP contribution is -2.37. The highest BCUT2D eigenvalue weighted by Crippen LogP contribution is 2.41. The predicted octanol–water partition coefficient (Wildman–Crippen LogP) is 4.48. The van der Waals surface area contributed by atoms with Crippen LogP contribution in [-0.2, 0) is 15.1 Å². The number of halogens is 1. The van der Waals surface area contributed by atoms with E-state index in [0.717, 1.165) is 16.7 Å². The number of H-pyrrole nitrogens is 1. The molecule has 1 fully saturated rings. The number of aromatic nitrogens is 2.